The van der Waals surface area contributed by atoms with Gasteiger partial charge in [0.05, 0.1) is 6.10 Å². The Bertz CT molecular complexity index is 328. The Balaban J connectivity index is 2.89. The van der Waals surface area contributed by atoms with E-state index in [-0.39, 0.29) is 5.75 Å². The molecule has 1 aromatic rings. The van der Waals surface area contributed by atoms with Crippen LogP contribution in [0.15, 0.2) is 18.2 Å². The van der Waals surface area contributed by atoms with E-state index >= 15 is 0 Å². The quantitative estimate of drug-likeness (QED) is 0.578. The Kier molecular flexibility index (Phi) is 4.08. The fourth-order valence-electron chi connectivity index (χ4n) is 1.47. The molecule has 2 unspecified atom stereocenters. The summed E-state index contributed by atoms with van der Waals surface area (Å²) >= 11 is 0. The smallest absolute Gasteiger partial charge is 0.115 e. The molecule has 0 aromatic heterocycles. The Labute approximate surface area is 89.2 Å². The fourth-order valence-corrected chi connectivity index (χ4v) is 1.47. The Morgan fingerprint density at radius 1 is 1.33 bits per heavy atom. The number of phenolic OH excluding ortho intramolecular Hbond substituents is 1. The monoisotopic (exact) mass is 211 g/mol. The molecule has 0 saturated carbocycles. The van der Waals surface area contributed by atoms with E-state index in [0.717, 1.165) is 5.56 Å². The van der Waals surface area contributed by atoms with Crippen molar-refractivity contribution in [3.8, 4) is 5.75 Å². The van der Waals surface area contributed by atoms with Gasteiger partial charge in [-0.3, -0.25) is 0 Å². The third-order valence-electron chi connectivity index (χ3n) is 2.36. The van der Waals surface area contributed by atoms with Crippen LogP contribution < -0.4 is 5.32 Å². The first-order valence-electron chi connectivity index (χ1n) is 4.86. The normalized spacial score (nSPS) is 14.9. The molecule has 0 radical (unpaired) electrons. The lowest BCUT2D eigenvalue weighted by molar-refractivity contribution is 0.0197. The molecule has 4 heteroatoms. The zero-order chi connectivity index (χ0) is 11.4. The number of aryl methyl sites for hydroxylation is 1. The highest BCUT2D eigenvalue weighted by molar-refractivity contribution is 5.35. The Morgan fingerprint density at radius 2 is 2.00 bits per heavy atom. The second kappa shape index (κ2) is 5.11. The summed E-state index contributed by atoms with van der Waals surface area (Å²) in [6.07, 6.45) is -1.86. The van der Waals surface area contributed by atoms with E-state index in [1.165, 1.54) is 6.07 Å². The molecule has 0 spiro atoms. The number of benzene rings is 1. The molecule has 0 amide bonds. The third-order valence-corrected chi connectivity index (χ3v) is 2.36. The van der Waals surface area contributed by atoms with Crippen LogP contribution in [0.4, 0.5) is 0 Å². The predicted octanol–water partition coefficient (Wildman–Crippen LogP) is 0.314. The zero-order valence-corrected chi connectivity index (χ0v) is 8.94. The second-order valence-electron chi connectivity index (χ2n) is 3.61. The van der Waals surface area contributed by atoms with Gasteiger partial charge in [-0.15, -0.1) is 0 Å². The first kappa shape index (κ1) is 12.0. The van der Waals surface area contributed by atoms with Crippen molar-refractivity contribution in [2.45, 2.75) is 19.1 Å². The molecule has 0 bridgehead atoms. The lowest BCUT2D eigenvalue weighted by atomic mass is 9.99. The van der Waals surface area contributed by atoms with Gasteiger partial charge >= 0.3 is 0 Å². The van der Waals surface area contributed by atoms with Gasteiger partial charge in [0.2, 0.25) is 0 Å². The highest BCUT2D eigenvalue weighted by Crippen LogP contribution is 2.24. The van der Waals surface area contributed by atoms with Gasteiger partial charge in [-0.05, 0) is 37.2 Å². The minimum Gasteiger partial charge on any atom is -0.508 e. The van der Waals surface area contributed by atoms with Gasteiger partial charge in [-0.2, -0.15) is 0 Å². The van der Waals surface area contributed by atoms with Crippen LogP contribution in [-0.2, 0) is 0 Å². The van der Waals surface area contributed by atoms with E-state index in [2.05, 4.69) is 5.32 Å². The van der Waals surface area contributed by atoms with E-state index in [4.69, 9.17) is 0 Å². The van der Waals surface area contributed by atoms with Crippen LogP contribution in [0, 0.1) is 6.92 Å². The van der Waals surface area contributed by atoms with Gasteiger partial charge in [0.15, 0.2) is 0 Å². The van der Waals surface area contributed by atoms with E-state index < -0.39 is 12.2 Å². The third kappa shape index (κ3) is 2.92. The van der Waals surface area contributed by atoms with Crippen LogP contribution in [0.3, 0.4) is 0 Å². The molecule has 0 heterocycles. The molecule has 1 aromatic carbocycles. The minimum absolute atomic E-state index is 0.0892. The van der Waals surface area contributed by atoms with Crippen LogP contribution in [0.25, 0.3) is 0 Å². The Morgan fingerprint density at radius 3 is 2.60 bits per heavy atom. The van der Waals surface area contributed by atoms with Crippen LogP contribution in [0.1, 0.15) is 17.2 Å². The molecule has 0 aliphatic rings. The molecule has 4 nitrogen and oxygen atoms in total. The van der Waals surface area contributed by atoms with E-state index in [0.29, 0.717) is 12.1 Å². The highest BCUT2D eigenvalue weighted by atomic mass is 16.3. The van der Waals surface area contributed by atoms with Crippen LogP contribution >= 0.6 is 0 Å². The topological polar surface area (TPSA) is 72.7 Å². The van der Waals surface area contributed by atoms with Crippen molar-refractivity contribution in [1.29, 1.82) is 0 Å². The summed E-state index contributed by atoms with van der Waals surface area (Å²) in [6.45, 7) is 2.13. The molecule has 84 valence electrons. The number of likely N-dealkylation sites (N-methyl/N-ethyl adjacent to an activating group) is 1. The molecule has 1 rings (SSSR count). The summed E-state index contributed by atoms with van der Waals surface area (Å²) in [6, 6.07) is 4.73. The number of phenols is 1. The van der Waals surface area contributed by atoms with Crippen molar-refractivity contribution in [2.75, 3.05) is 13.6 Å². The van der Waals surface area contributed by atoms with E-state index in [9.17, 15) is 15.3 Å². The van der Waals surface area contributed by atoms with Gasteiger partial charge in [0.25, 0.3) is 0 Å². The van der Waals surface area contributed by atoms with Crippen molar-refractivity contribution in [2.24, 2.45) is 0 Å². The van der Waals surface area contributed by atoms with Crippen LogP contribution in [0.5, 0.6) is 5.75 Å². The lowest BCUT2D eigenvalue weighted by Crippen LogP contribution is -2.29. The van der Waals surface area contributed by atoms with Crippen molar-refractivity contribution >= 4 is 0 Å². The zero-order valence-electron chi connectivity index (χ0n) is 8.94. The Hall–Kier alpha value is -1.10. The van der Waals surface area contributed by atoms with Gasteiger partial charge in [0, 0.05) is 6.54 Å². The average molecular weight is 211 g/mol. The van der Waals surface area contributed by atoms with Gasteiger partial charge in [0.1, 0.15) is 11.9 Å². The summed E-state index contributed by atoms with van der Waals surface area (Å²) in [5.41, 5.74) is 1.40. The summed E-state index contributed by atoms with van der Waals surface area (Å²) in [7, 11) is 1.70. The summed E-state index contributed by atoms with van der Waals surface area (Å²) in [5, 5.41) is 31.5. The van der Waals surface area contributed by atoms with E-state index in [1.54, 1.807) is 19.2 Å². The number of hydrogen-bond donors (Lipinski definition) is 4. The molecule has 0 saturated heterocycles. The van der Waals surface area contributed by atoms with Gasteiger partial charge in [-0.1, -0.05) is 6.07 Å². The standard InChI is InChI=1S/C11H17NO3/c1-7-3-4-8(13)5-9(7)11(15)10(14)6-12-2/h3-5,10-15H,6H2,1-2H3. The maximum Gasteiger partial charge on any atom is 0.115 e. The average Bonchev–Trinajstić information content (AvgIpc) is 2.21. The minimum atomic E-state index is -0.982. The predicted molar refractivity (Wildman–Crippen MR) is 57.7 cm³/mol. The fraction of sp³-hybridized carbons (Fsp3) is 0.455. The number of hydrogen-bond acceptors (Lipinski definition) is 4. The molecular formula is C11H17NO3. The molecule has 2 atom stereocenters. The maximum absolute atomic E-state index is 9.82. The molecule has 0 aliphatic heterocycles. The molecule has 0 aliphatic carbocycles. The number of rotatable bonds is 4. The van der Waals surface area contributed by atoms with Crippen molar-refractivity contribution in [1.82, 2.24) is 5.32 Å². The van der Waals surface area contributed by atoms with Crippen molar-refractivity contribution in [3.05, 3.63) is 29.3 Å². The first-order chi connectivity index (χ1) is 7.06. The number of aromatic hydroxyl groups is 1. The van der Waals surface area contributed by atoms with Gasteiger partial charge in [-0.25, -0.2) is 0 Å². The summed E-state index contributed by atoms with van der Waals surface area (Å²) in [5.74, 6) is 0.0892. The second-order valence-corrected chi connectivity index (χ2v) is 3.61. The first-order valence-corrected chi connectivity index (χ1v) is 4.86. The largest absolute Gasteiger partial charge is 0.508 e. The SMILES string of the molecule is CNCC(O)C(O)c1cc(O)ccc1C. The summed E-state index contributed by atoms with van der Waals surface area (Å²) < 4.78 is 0. The van der Waals surface area contributed by atoms with E-state index in [1.807, 2.05) is 6.92 Å². The van der Waals surface area contributed by atoms with Crippen molar-refractivity contribution in [3.63, 3.8) is 0 Å². The van der Waals surface area contributed by atoms with Crippen LogP contribution in [0.2, 0.25) is 0 Å². The molecular weight excluding hydrogens is 194 g/mol. The lowest BCUT2D eigenvalue weighted by Gasteiger charge is -2.19. The number of aliphatic hydroxyl groups is 2. The molecule has 4 N–H and O–H groups in total. The maximum atomic E-state index is 9.82. The molecule has 0 fully saturated rings. The van der Waals surface area contributed by atoms with Crippen LogP contribution in [-0.4, -0.2) is 35.0 Å². The van der Waals surface area contributed by atoms with Gasteiger partial charge < -0.3 is 20.6 Å². The number of aliphatic hydroxyl groups excluding tert-OH is 2. The van der Waals surface area contributed by atoms with Crippen molar-refractivity contribution < 1.29 is 15.3 Å². The number of nitrogens with one attached hydrogen (secondary N) is 1. The molecule has 15 heavy (non-hydrogen) atoms. The summed E-state index contributed by atoms with van der Waals surface area (Å²) in [4.78, 5) is 0. The highest BCUT2D eigenvalue weighted by Gasteiger charge is 2.19.